The number of nitrogens with one attached hydrogen (secondary N) is 1. The van der Waals surface area contributed by atoms with Crippen molar-refractivity contribution in [3.05, 3.63) is 52.9 Å². The Kier molecular flexibility index (Phi) is 6.93. The highest BCUT2D eigenvalue weighted by molar-refractivity contribution is 7.91. The van der Waals surface area contributed by atoms with Crippen LogP contribution in [0.15, 0.2) is 46.0 Å². The monoisotopic (exact) mass is 442 g/mol. The molecule has 0 bridgehead atoms. The normalized spacial score (nSPS) is 19.0. The van der Waals surface area contributed by atoms with E-state index in [2.05, 4.69) is 4.72 Å². The number of benzene rings is 1. The van der Waals surface area contributed by atoms with E-state index in [9.17, 15) is 16.8 Å². The van der Waals surface area contributed by atoms with Gasteiger partial charge < -0.3 is 0 Å². The molecule has 1 fully saturated rings. The standard InChI is InChI=1S/C19H26N2O4S3/c1-16-6-4-7-17(14-16)15-27(22,23)20-11-10-18-8-2-3-12-21(18)28(24,25)19-9-5-13-26-19/h4-7,9,13-14,18,20H,2-3,8,10-12,15H2,1H3. The summed E-state index contributed by atoms with van der Waals surface area (Å²) in [6.45, 7) is 2.64. The van der Waals surface area contributed by atoms with Gasteiger partial charge in [-0.1, -0.05) is 42.3 Å². The number of nitrogens with zero attached hydrogens (tertiary/aromatic N) is 1. The lowest BCUT2D eigenvalue weighted by Crippen LogP contribution is -2.45. The average molecular weight is 443 g/mol. The lowest BCUT2D eigenvalue weighted by molar-refractivity contribution is 0.242. The Balaban J connectivity index is 1.61. The molecule has 1 aliphatic rings. The van der Waals surface area contributed by atoms with Crippen LogP contribution >= 0.6 is 11.3 Å². The topological polar surface area (TPSA) is 83.6 Å². The van der Waals surface area contributed by atoms with Crippen molar-refractivity contribution in [3.63, 3.8) is 0 Å². The van der Waals surface area contributed by atoms with Crippen molar-refractivity contribution in [2.75, 3.05) is 13.1 Å². The van der Waals surface area contributed by atoms with E-state index in [-0.39, 0.29) is 18.3 Å². The molecular formula is C19H26N2O4S3. The third-order valence-corrected chi connectivity index (χ3v) is 9.55. The first kappa shape index (κ1) is 21.4. The number of rotatable bonds is 8. The van der Waals surface area contributed by atoms with E-state index < -0.39 is 20.0 Å². The molecule has 1 atom stereocenters. The van der Waals surface area contributed by atoms with E-state index >= 15 is 0 Å². The van der Waals surface area contributed by atoms with Crippen molar-refractivity contribution in [2.24, 2.45) is 0 Å². The third kappa shape index (κ3) is 5.42. The Labute approximate surface area is 171 Å². The molecule has 2 heterocycles. The van der Waals surface area contributed by atoms with Crippen molar-refractivity contribution >= 4 is 31.4 Å². The quantitative estimate of drug-likeness (QED) is 0.681. The molecule has 0 radical (unpaired) electrons. The van der Waals surface area contributed by atoms with Crippen LogP contribution in [0.3, 0.4) is 0 Å². The summed E-state index contributed by atoms with van der Waals surface area (Å²) in [6.07, 6.45) is 3.01. The van der Waals surface area contributed by atoms with Crippen LogP contribution in [0.5, 0.6) is 0 Å². The summed E-state index contributed by atoms with van der Waals surface area (Å²) in [5.74, 6) is -0.0729. The number of sulfonamides is 2. The fourth-order valence-corrected chi connectivity index (χ4v) is 7.55. The van der Waals surface area contributed by atoms with Crippen LogP contribution in [-0.2, 0) is 25.8 Å². The molecule has 154 valence electrons. The van der Waals surface area contributed by atoms with Gasteiger partial charge in [0.25, 0.3) is 10.0 Å². The fourth-order valence-electron chi connectivity index (χ4n) is 3.56. The number of piperidine rings is 1. The first-order valence-corrected chi connectivity index (χ1v) is 13.3. The molecule has 0 amide bonds. The minimum Gasteiger partial charge on any atom is -0.215 e. The summed E-state index contributed by atoms with van der Waals surface area (Å²) >= 11 is 1.21. The van der Waals surface area contributed by atoms with Gasteiger partial charge in [-0.2, -0.15) is 4.31 Å². The fraction of sp³-hybridized carbons (Fsp3) is 0.474. The van der Waals surface area contributed by atoms with Crippen LogP contribution in [-0.4, -0.2) is 40.3 Å². The SMILES string of the molecule is Cc1cccc(CS(=O)(=O)NCCC2CCCCN2S(=O)(=O)c2cccs2)c1. The van der Waals surface area contributed by atoms with Gasteiger partial charge in [-0.25, -0.2) is 21.6 Å². The van der Waals surface area contributed by atoms with E-state index in [1.807, 2.05) is 25.1 Å². The van der Waals surface area contributed by atoms with Gasteiger partial charge in [0.05, 0.1) is 5.75 Å². The highest BCUT2D eigenvalue weighted by Gasteiger charge is 2.33. The Morgan fingerprint density at radius 1 is 1.14 bits per heavy atom. The molecule has 9 heteroatoms. The van der Waals surface area contributed by atoms with E-state index in [4.69, 9.17) is 0 Å². The summed E-state index contributed by atoms with van der Waals surface area (Å²) in [5.41, 5.74) is 1.76. The lowest BCUT2D eigenvalue weighted by Gasteiger charge is -2.34. The Hall–Kier alpha value is -1.26. The Morgan fingerprint density at radius 3 is 2.68 bits per heavy atom. The van der Waals surface area contributed by atoms with Gasteiger partial charge in [0, 0.05) is 19.1 Å². The van der Waals surface area contributed by atoms with Gasteiger partial charge in [-0.15, -0.1) is 11.3 Å². The van der Waals surface area contributed by atoms with Crippen LogP contribution in [0.4, 0.5) is 0 Å². The predicted molar refractivity (Wildman–Crippen MR) is 112 cm³/mol. The summed E-state index contributed by atoms with van der Waals surface area (Å²) in [4.78, 5) is 0. The maximum absolute atomic E-state index is 12.9. The average Bonchev–Trinajstić information content (AvgIpc) is 3.17. The van der Waals surface area contributed by atoms with Crippen molar-refractivity contribution in [1.29, 1.82) is 0 Å². The number of aryl methyl sites for hydroxylation is 1. The molecule has 1 aromatic carbocycles. The molecule has 6 nitrogen and oxygen atoms in total. The second kappa shape index (κ2) is 9.04. The molecule has 0 spiro atoms. The molecule has 28 heavy (non-hydrogen) atoms. The highest BCUT2D eigenvalue weighted by atomic mass is 32.2. The van der Waals surface area contributed by atoms with Crippen LogP contribution in [0.2, 0.25) is 0 Å². The Bertz CT molecular complexity index is 986. The maximum Gasteiger partial charge on any atom is 0.252 e. The zero-order valence-corrected chi connectivity index (χ0v) is 18.3. The molecule has 0 aliphatic carbocycles. The minimum absolute atomic E-state index is 0.0729. The lowest BCUT2D eigenvalue weighted by atomic mass is 10.0. The molecule has 1 aliphatic heterocycles. The predicted octanol–water partition coefficient (Wildman–Crippen LogP) is 3.11. The van der Waals surface area contributed by atoms with Gasteiger partial charge in [0.15, 0.2) is 0 Å². The third-order valence-electron chi connectivity index (χ3n) is 4.87. The van der Waals surface area contributed by atoms with Gasteiger partial charge in [0.1, 0.15) is 4.21 Å². The molecule has 1 aromatic heterocycles. The smallest absolute Gasteiger partial charge is 0.215 e. The van der Waals surface area contributed by atoms with Crippen molar-refractivity contribution in [1.82, 2.24) is 9.03 Å². The number of thiophene rings is 1. The van der Waals surface area contributed by atoms with E-state index in [0.29, 0.717) is 17.2 Å². The molecule has 1 N–H and O–H groups in total. The summed E-state index contributed by atoms with van der Waals surface area (Å²) in [5, 5.41) is 1.76. The molecule has 2 aromatic rings. The zero-order chi connectivity index (χ0) is 20.2. The first-order valence-electron chi connectivity index (χ1n) is 9.36. The van der Waals surface area contributed by atoms with Crippen LogP contribution < -0.4 is 4.72 Å². The van der Waals surface area contributed by atoms with Crippen LogP contribution in [0.1, 0.15) is 36.8 Å². The minimum atomic E-state index is -3.51. The van der Waals surface area contributed by atoms with Crippen molar-refractivity contribution < 1.29 is 16.8 Å². The molecule has 0 saturated carbocycles. The van der Waals surface area contributed by atoms with Gasteiger partial charge in [-0.3, -0.25) is 0 Å². The number of hydrogen-bond acceptors (Lipinski definition) is 5. The summed E-state index contributed by atoms with van der Waals surface area (Å²) in [7, 11) is -6.98. The van der Waals surface area contributed by atoms with Crippen LogP contribution in [0.25, 0.3) is 0 Å². The molecular weight excluding hydrogens is 416 g/mol. The van der Waals surface area contributed by atoms with E-state index in [0.717, 1.165) is 30.4 Å². The first-order chi connectivity index (χ1) is 13.3. The number of hydrogen-bond donors (Lipinski definition) is 1. The largest absolute Gasteiger partial charge is 0.252 e. The van der Waals surface area contributed by atoms with Gasteiger partial charge in [-0.05, 0) is 43.2 Å². The molecule has 1 unspecified atom stereocenters. The van der Waals surface area contributed by atoms with Crippen molar-refractivity contribution in [3.8, 4) is 0 Å². The van der Waals surface area contributed by atoms with Crippen molar-refractivity contribution in [2.45, 2.75) is 48.6 Å². The molecule has 3 rings (SSSR count). The highest BCUT2D eigenvalue weighted by Crippen LogP contribution is 2.29. The summed E-state index contributed by atoms with van der Waals surface area (Å²) in [6, 6.07) is 10.6. The zero-order valence-electron chi connectivity index (χ0n) is 15.9. The van der Waals surface area contributed by atoms with Gasteiger partial charge >= 0.3 is 0 Å². The molecule has 1 saturated heterocycles. The second-order valence-corrected chi connectivity index (χ2v) is 12.0. The summed E-state index contributed by atoms with van der Waals surface area (Å²) < 4.78 is 55.1. The maximum atomic E-state index is 12.9. The second-order valence-electron chi connectivity index (χ2n) is 7.13. The van der Waals surface area contributed by atoms with E-state index in [1.165, 1.54) is 11.3 Å². The van der Waals surface area contributed by atoms with Crippen LogP contribution in [0, 0.1) is 6.92 Å². The van der Waals surface area contributed by atoms with E-state index in [1.54, 1.807) is 27.9 Å². The van der Waals surface area contributed by atoms with Gasteiger partial charge in [0.2, 0.25) is 10.0 Å². The Morgan fingerprint density at radius 2 is 1.96 bits per heavy atom.